The van der Waals surface area contributed by atoms with Gasteiger partial charge in [0, 0.05) is 80.2 Å². The van der Waals surface area contributed by atoms with Crippen LogP contribution < -0.4 is 14.9 Å². The fraction of sp³-hybridized carbons (Fsp3) is 0.467. The van der Waals surface area contributed by atoms with Crippen LogP contribution in [-0.4, -0.2) is 88.7 Å². The third kappa shape index (κ3) is 10.9. The van der Waals surface area contributed by atoms with Crippen LogP contribution in [0, 0.1) is 22.0 Å². The number of likely N-dealkylation sites (tertiary alicyclic amines) is 1. The Morgan fingerprint density at radius 1 is 0.887 bits per heavy atom. The van der Waals surface area contributed by atoms with E-state index in [4.69, 9.17) is 16.3 Å². The van der Waals surface area contributed by atoms with Crippen molar-refractivity contribution in [2.24, 2.45) is 11.8 Å². The number of nitrogens with zero attached hydrogens (tertiary/aromatic N) is 4. The molecular formula is C45H55ClN6O8S2. The van der Waals surface area contributed by atoms with E-state index in [0.29, 0.717) is 42.8 Å². The molecule has 4 aromatic rings. The number of hydrogen-bond donors (Lipinski definition) is 2. The Balaban J connectivity index is 1.10. The highest BCUT2D eigenvalue weighted by atomic mass is 35.5. The number of benzene rings is 3. The predicted octanol–water partition coefficient (Wildman–Crippen LogP) is 7.82. The minimum absolute atomic E-state index is 0.0519. The first-order chi connectivity index (χ1) is 29.7. The van der Waals surface area contributed by atoms with Crippen LogP contribution in [0.25, 0.3) is 0 Å². The summed E-state index contributed by atoms with van der Waals surface area (Å²) in [6, 6.07) is 18.9. The first-order valence-electron chi connectivity index (χ1n) is 21.4. The summed E-state index contributed by atoms with van der Waals surface area (Å²) in [5.74, 6) is -0.168. The Hall–Kier alpha value is -4.61. The second-order valence-electron chi connectivity index (χ2n) is 16.9. The van der Waals surface area contributed by atoms with Gasteiger partial charge in [0.25, 0.3) is 21.6 Å². The second kappa shape index (κ2) is 19.8. The lowest BCUT2D eigenvalue weighted by Gasteiger charge is -2.41. The normalized spacial score (nSPS) is 18.5. The van der Waals surface area contributed by atoms with Gasteiger partial charge in [0.2, 0.25) is 0 Å². The van der Waals surface area contributed by atoms with E-state index in [-0.39, 0.29) is 28.5 Å². The number of carbonyl (C=O) groups is 1. The van der Waals surface area contributed by atoms with Crippen molar-refractivity contribution in [2.45, 2.75) is 86.3 Å². The minimum atomic E-state index is -4.57. The summed E-state index contributed by atoms with van der Waals surface area (Å²) in [7, 11) is -8.23. The third-order valence-electron chi connectivity index (χ3n) is 12.4. The van der Waals surface area contributed by atoms with Crippen LogP contribution in [0.1, 0.15) is 91.9 Å². The molecule has 0 aliphatic carbocycles. The van der Waals surface area contributed by atoms with Crippen LogP contribution in [0.5, 0.6) is 0 Å². The highest BCUT2D eigenvalue weighted by molar-refractivity contribution is 7.92. The zero-order valence-electron chi connectivity index (χ0n) is 35.2. The number of sulfonamides is 1. The highest BCUT2D eigenvalue weighted by Gasteiger charge is 2.30. The van der Waals surface area contributed by atoms with Gasteiger partial charge in [-0.25, -0.2) is 21.6 Å². The van der Waals surface area contributed by atoms with Crippen LogP contribution in [0.4, 0.5) is 17.1 Å². The molecular weight excluding hydrogens is 852 g/mol. The fourth-order valence-electron chi connectivity index (χ4n) is 8.75. The van der Waals surface area contributed by atoms with Crippen molar-refractivity contribution < 1.29 is 31.3 Å². The van der Waals surface area contributed by atoms with Crippen molar-refractivity contribution in [3.8, 4) is 0 Å². The molecule has 2 N–H and O–H groups in total. The summed E-state index contributed by atoms with van der Waals surface area (Å²) in [6.45, 7) is 8.51. The molecule has 17 heteroatoms. The van der Waals surface area contributed by atoms with E-state index in [1.165, 1.54) is 49.0 Å². The Bertz CT molecular complexity index is 2460. The van der Waals surface area contributed by atoms with Gasteiger partial charge in [0.15, 0.2) is 9.84 Å². The van der Waals surface area contributed by atoms with E-state index in [9.17, 15) is 31.7 Å². The number of nitro groups is 1. The molecule has 0 radical (unpaired) electrons. The fourth-order valence-corrected chi connectivity index (χ4v) is 10.9. The molecule has 3 aliphatic rings. The van der Waals surface area contributed by atoms with Gasteiger partial charge in [0.05, 0.1) is 20.0 Å². The molecule has 14 nitrogen and oxygen atoms in total. The Morgan fingerprint density at radius 3 is 2.34 bits per heavy atom. The van der Waals surface area contributed by atoms with Crippen molar-refractivity contribution in [3.05, 3.63) is 117 Å². The largest absolute Gasteiger partial charge is 0.381 e. The summed E-state index contributed by atoms with van der Waals surface area (Å²) in [5.41, 5.74) is 2.96. The van der Waals surface area contributed by atoms with Gasteiger partial charge in [-0.15, -0.1) is 0 Å². The van der Waals surface area contributed by atoms with Crippen molar-refractivity contribution in [1.29, 1.82) is 0 Å². The average Bonchev–Trinajstić information content (AvgIpc) is 3.26. The highest BCUT2D eigenvalue weighted by Crippen LogP contribution is 2.35. The molecule has 3 fully saturated rings. The topological polar surface area (TPSA) is 181 Å². The molecule has 0 spiro atoms. The molecule has 0 bridgehead atoms. The monoisotopic (exact) mass is 906 g/mol. The van der Waals surface area contributed by atoms with Crippen molar-refractivity contribution >= 4 is 54.4 Å². The molecule has 3 aromatic carbocycles. The number of nitro benzene ring substituents is 1. The molecule has 0 saturated carbocycles. The lowest BCUT2D eigenvalue weighted by Crippen LogP contribution is -2.41. The van der Waals surface area contributed by atoms with Crippen LogP contribution in [-0.2, 0) is 31.0 Å². The maximum absolute atomic E-state index is 14.0. The molecule has 332 valence electrons. The van der Waals surface area contributed by atoms with Crippen molar-refractivity contribution in [3.63, 3.8) is 0 Å². The number of nitrogens with one attached hydrogen (secondary N) is 2. The zero-order chi connectivity index (χ0) is 44.0. The van der Waals surface area contributed by atoms with E-state index in [1.807, 2.05) is 18.2 Å². The smallest absolute Gasteiger partial charge is 0.293 e. The summed E-state index contributed by atoms with van der Waals surface area (Å²) in [6.07, 6.45) is 9.96. The maximum atomic E-state index is 14.0. The van der Waals surface area contributed by atoms with Crippen LogP contribution in [0.2, 0.25) is 5.02 Å². The number of amides is 1. The summed E-state index contributed by atoms with van der Waals surface area (Å²) >= 11 is 6.20. The molecule has 3 saturated heterocycles. The van der Waals surface area contributed by atoms with Gasteiger partial charge in [-0.05, 0) is 142 Å². The van der Waals surface area contributed by atoms with E-state index in [1.54, 1.807) is 26.0 Å². The van der Waals surface area contributed by atoms with Crippen molar-refractivity contribution in [1.82, 2.24) is 14.6 Å². The number of hydrogen-bond acceptors (Lipinski definition) is 12. The van der Waals surface area contributed by atoms with Gasteiger partial charge in [-0.3, -0.25) is 24.8 Å². The zero-order valence-corrected chi connectivity index (χ0v) is 37.6. The minimum Gasteiger partial charge on any atom is -0.381 e. The molecule has 1 aromatic heterocycles. The molecule has 4 heterocycles. The predicted molar refractivity (Wildman–Crippen MR) is 240 cm³/mol. The SMILES string of the molecule is CC(C)S(=O)(=O)c1cncc(Cc2cc(N3CCC(CN4CCCC[C@H]4c4ccc(Cl)cc4)CC3)ccc2C(=O)NS(=O)(=O)c2ccc(NCC3CCOCC3)c([N+](=O)[O-])c2)c1. The molecule has 0 unspecified atom stereocenters. The number of ether oxygens (including phenoxy) is 1. The molecule has 62 heavy (non-hydrogen) atoms. The van der Waals surface area contributed by atoms with Gasteiger partial charge in [-0.2, -0.15) is 0 Å². The Labute approximate surface area is 369 Å². The number of anilines is 2. The van der Waals surface area contributed by atoms with E-state index < -0.39 is 46.5 Å². The summed E-state index contributed by atoms with van der Waals surface area (Å²) < 4.78 is 61.1. The molecule has 1 atom stereocenters. The summed E-state index contributed by atoms with van der Waals surface area (Å²) in [4.78, 5) is 34.2. The number of pyridine rings is 1. The Kier molecular flexibility index (Phi) is 14.5. The van der Waals surface area contributed by atoms with Gasteiger partial charge in [0.1, 0.15) is 5.69 Å². The van der Waals surface area contributed by atoms with E-state index in [0.717, 1.165) is 75.1 Å². The lowest BCUT2D eigenvalue weighted by atomic mass is 9.90. The number of piperidine rings is 2. The number of rotatable bonds is 15. The average molecular weight is 908 g/mol. The lowest BCUT2D eigenvalue weighted by molar-refractivity contribution is -0.384. The van der Waals surface area contributed by atoms with Crippen LogP contribution >= 0.6 is 11.6 Å². The van der Waals surface area contributed by atoms with Gasteiger partial charge < -0.3 is 15.0 Å². The third-order valence-corrected chi connectivity index (χ3v) is 16.1. The van der Waals surface area contributed by atoms with Crippen LogP contribution in [0.3, 0.4) is 0 Å². The van der Waals surface area contributed by atoms with Gasteiger partial charge >= 0.3 is 0 Å². The standard InChI is InChI=1S/C45H55ClN6O8S2/c1-31(2)61(56,57)40-24-34(27-47-29-40)23-36-25-38(50-19-14-33(15-20-50)30-51-18-4-3-5-43(51)35-6-8-37(46)9-7-35)10-12-41(36)45(53)49-62(58,59)39-11-13-42(44(26-39)52(54)55)48-28-32-16-21-60-22-17-32/h6-13,24-27,29,31-33,43,48H,3-5,14-23,28,30H2,1-2H3,(H,49,53)/t43-/m0/s1. The number of carbonyl (C=O) groups excluding carboxylic acids is 1. The first kappa shape index (κ1) is 45.4. The van der Waals surface area contributed by atoms with E-state index >= 15 is 0 Å². The second-order valence-corrected chi connectivity index (χ2v) is 21.6. The molecule has 3 aliphatic heterocycles. The quantitative estimate of drug-likeness (QED) is 0.0874. The summed E-state index contributed by atoms with van der Waals surface area (Å²) in [5, 5.41) is 15.2. The van der Waals surface area contributed by atoms with E-state index in [2.05, 4.69) is 37.0 Å². The molecule has 7 rings (SSSR count). The maximum Gasteiger partial charge on any atom is 0.293 e. The number of aromatic nitrogens is 1. The Morgan fingerprint density at radius 2 is 1.63 bits per heavy atom. The number of sulfone groups is 1. The number of halogens is 1. The molecule has 1 amide bonds. The first-order valence-corrected chi connectivity index (χ1v) is 24.8. The van der Waals surface area contributed by atoms with Gasteiger partial charge in [-0.1, -0.05) is 30.2 Å². The van der Waals surface area contributed by atoms with Crippen molar-refractivity contribution in [2.75, 3.05) is 56.2 Å². The van der Waals surface area contributed by atoms with Crippen LogP contribution in [0.15, 0.2) is 88.9 Å².